The van der Waals surface area contributed by atoms with E-state index < -0.39 is 4.92 Å². The van der Waals surface area contributed by atoms with Crippen molar-refractivity contribution < 1.29 is 9.72 Å². The highest BCUT2D eigenvalue weighted by molar-refractivity contribution is 7.16. The number of rotatable bonds is 5. The molecule has 3 rings (SSSR count). The van der Waals surface area contributed by atoms with Crippen LogP contribution in [0.15, 0.2) is 47.6 Å². The Kier molecular flexibility index (Phi) is 3.97. The first kappa shape index (κ1) is 14.4. The minimum absolute atomic E-state index is 0.0442. The van der Waals surface area contributed by atoms with Gasteiger partial charge in [0.05, 0.1) is 16.0 Å². The Labute approximate surface area is 130 Å². The van der Waals surface area contributed by atoms with Crippen molar-refractivity contribution in [2.24, 2.45) is 11.0 Å². The van der Waals surface area contributed by atoms with Gasteiger partial charge in [-0.15, -0.1) is 0 Å². The highest BCUT2D eigenvalue weighted by Crippen LogP contribution is 2.47. The van der Waals surface area contributed by atoms with Gasteiger partial charge in [-0.1, -0.05) is 41.7 Å². The summed E-state index contributed by atoms with van der Waals surface area (Å²) >= 11 is 1.01. The van der Waals surface area contributed by atoms with E-state index in [4.69, 9.17) is 0 Å². The summed E-state index contributed by atoms with van der Waals surface area (Å²) in [6, 6.07) is 12.9. The smallest absolute Gasteiger partial charge is 0.273 e. The summed E-state index contributed by atoms with van der Waals surface area (Å²) in [7, 11) is 0. The predicted molar refractivity (Wildman–Crippen MR) is 84.0 cm³/mol. The SMILES string of the molecule is O=C(N/N=C\c1ccc([N+](=O)[O-])s1)[C@@H]1C[C@H]1c1ccccc1. The quantitative estimate of drug-likeness (QED) is 0.523. The van der Waals surface area contributed by atoms with Crippen molar-refractivity contribution in [2.45, 2.75) is 12.3 Å². The molecule has 0 aliphatic heterocycles. The van der Waals surface area contributed by atoms with Gasteiger partial charge in [0, 0.05) is 12.0 Å². The van der Waals surface area contributed by atoms with Gasteiger partial charge in [0.15, 0.2) is 0 Å². The minimum Gasteiger partial charge on any atom is -0.273 e. The summed E-state index contributed by atoms with van der Waals surface area (Å²) in [5.74, 6) is 0.104. The Balaban J connectivity index is 1.53. The molecule has 1 aliphatic carbocycles. The molecule has 1 aliphatic rings. The molecule has 1 aromatic carbocycles. The molecule has 0 saturated heterocycles. The molecule has 1 heterocycles. The van der Waals surface area contributed by atoms with Gasteiger partial charge in [0.1, 0.15) is 0 Å². The molecule has 1 saturated carbocycles. The van der Waals surface area contributed by atoms with Gasteiger partial charge < -0.3 is 0 Å². The van der Waals surface area contributed by atoms with Crippen molar-refractivity contribution in [3.8, 4) is 0 Å². The lowest BCUT2D eigenvalue weighted by atomic mass is 10.1. The van der Waals surface area contributed by atoms with Gasteiger partial charge >= 0.3 is 5.00 Å². The van der Waals surface area contributed by atoms with Gasteiger partial charge in [-0.2, -0.15) is 5.10 Å². The summed E-state index contributed by atoms with van der Waals surface area (Å²) in [4.78, 5) is 22.7. The number of hydrazone groups is 1. The molecule has 1 fully saturated rings. The third-order valence-corrected chi connectivity index (χ3v) is 4.49. The highest BCUT2D eigenvalue weighted by atomic mass is 32.1. The van der Waals surface area contributed by atoms with Crippen LogP contribution >= 0.6 is 11.3 Å². The lowest BCUT2D eigenvalue weighted by molar-refractivity contribution is -0.380. The summed E-state index contributed by atoms with van der Waals surface area (Å²) < 4.78 is 0. The number of amides is 1. The van der Waals surface area contributed by atoms with Crippen molar-refractivity contribution in [3.05, 3.63) is 63.0 Å². The number of nitrogens with one attached hydrogen (secondary N) is 1. The summed E-state index contributed by atoms with van der Waals surface area (Å²) in [6.45, 7) is 0. The van der Waals surface area contributed by atoms with Gasteiger partial charge in [-0.3, -0.25) is 14.9 Å². The van der Waals surface area contributed by atoms with Crippen LogP contribution in [-0.4, -0.2) is 17.0 Å². The zero-order valence-corrected chi connectivity index (χ0v) is 12.3. The third kappa shape index (κ3) is 3.20. The molecule has 6 nitrogen and oxygen atoms in total. The van der Waals surface area contributed by atoms with E-state index in [0.29, 0.717) is 4.88 Å². The van der Waals surface area contributed by atoms with Crippen LogP contribution in [0.1, 0.15) is 22.8 Å². The van der Waals surface area contributed by atoms with E-state index in [2.05, 4.69) is 10.5 Å². The fourth-order valence-corrected chi connectivity index (χ4v) is 3.00. The first-order chi connectivity index (χ1) is 10.6. The second-order valence-electron chi connectivity index (χ2n) is 5.03. The van der Waals surface area contributed by atoms with E-state index in [9.17, 15) is 14.9 Å². The Bertz CT molecular complexity index is 727. The van der Waals surface area contributed by atoms with Crippen LogP contribution in [0.2, 0.25) is 0 Å². The summed E-state index contributed by atoms with van der Waals surface area (Å²) in [5, 5.41) is 14.5. The average molecular weight is 315 g/mol. The standard InChI is InChI=1S/C15H13N3O3S/c19-15(13-8-12(13)10-4-2-1-3-5-10)17-16-9-11-6-7-14(22-11)18(20)21/h1-7,9,12-13H,8H2,(H,17,19)/b16-9-/t12-,13+/m0/s1. The molecule has 22 heavy (non-hydrogen) atoms. The molecular weight excluding hydrogens is 302 g/mol. The Hall–Kier alpha value is -2.54. The predicted octanol–water partition coefficient (Wildman–Crippen LogP) is 2.91. The number of nitro groups is 1. The first-order valence-corrected chi connectivity index (χ1v) is 7.59. The molecule has 0 spiro atoms. The largest absolute Gasteiger partial charge is 0.324 e. The van der Waals surface area contributed by atoms with Gasteiger partial charge in [0.2, 0.25) is 5.91 Å². The monoisotopic (exact) mass is 315 g/mol. The minimum atomic E-state index is -0.449. The maximum absolute atomic E-state index is 12.0. The lowest BCUT2D eigenvalue weighted by Gasteiger charge is -1.99. The number of benzene rings is 1. The molecule has 2 atom stereocenters. The van der Waals surface area contributed by atoms with E-state index in [-0.39, 0.29) is 22.7 Å². The van der Waals surface area contributed by atoms with Crippen molar-refractivity contribution in [1.82, 2.24) is 5.43 Å². The molecule has 7 heteroatoms. The van der Waals surface area contributed by atoms with Gasteiger partial charge in [-0.25, -0.2) is 5.43 Å². The fourth-order valence-electron chi connectivity index (χ4n) is 2.31. The lowest BCUT2D eigenvalue weighted by Crippen LogP contribution is -2.19. The Morgan fingerprint density at radius 2 is 2.09 bits per heavy atom. The molecular formula is C15H13N3O3S. The van der Waals surface area contributed by atoms with Crippen LogP contribution in [0.25, 0.3) is 0 Å². The second kappa shape index (κ2) is 6.07. The summed E-state index contributed by atoms with van der Waals surface area (Å²) in [5.41, 5.74) is 3.67. The first-order valence-electron chi connectivity index (χ1n) is 6.77. The number of carbonyl (C=O) groups is 1. The van der Waals surface area contributed by atoms with Gasteiger partial charge in [-0.05, 0) is 24.0 Å². The van der Waals surface area contributed by atoms with E-state index in [1.165, 1.54) is 17.8 Å². The van der Waals surface area contributed by atoms with Crippen LogP contribution in [-0.2, 0) is 4.79 Å². The molecule has 1 amide bonds. The van der Waals surface area contributed by atoms with Crippen LogP contribution in [0.4, 0.5) is 5.00 Å². The third-order valence-electron chi connectivity index (χ3n) is 3.51. The molecule has 112 valence electrons. The topological polar surface area (TPSA) is 84.6 Å². The Morgan fingerprint density at radius 1 is 1.32 bits per heavy atom. The van der Waals surface area contributed by atoms with E-state index in [1.807, 2.05) is 30.3 Å². The maximum atomic E-state index is 12.0. The maximum Gasteiger partial charge on any atom is 0.324 e. The normalized spacial score (nSPS) is 20.0. The van der Waals surface area contributed by atoms with Crippen LogP contribution in [0.3, 0.4) is 0 Å². The molecule has 0 unspecified atom stereocenters. The van der Waals surface area contributed by atoms with E-state index in [1.54, 1.807) is 6.07 Å². The molecule has 1 N–H and O–H groups in total. The molecule has 1 aromatic heterocycles. The van der Waals surface area contributed by atoms with Crippen molar-refractivity contribution >= 4 is 28.5 Å². The van der Waals surface area contributed by atoms with Crippen molar-refractivity contribution in [2.75, 3.05) is 0 Å². The van der Waals surface area contributed by atoms with Crippen LogP contribution in [0, 0.1) is 16.0 Å². The number of hydrogen-bond acceptors (Lipinski definition) is 5. The van der Waals surface area contributed by atoms with Crippen molar-refractivity contribution in [3.63, 3.8) is 0 Å². The van der Waals surface area contributed by atoms with Crippen LogP contribution < -0.4 is 5.43 Å². The zero-order chi connectivity index (χ0) is 15.5. The van der Waals surface area contributed by atoms with Crippen molar-refractivity contribution in [1.29, 1.82) is 0 Å². The molecule has 0 bridgehead atoms. The number of carbonyl (C=O) groups excluding carboxylic acids is 1. The fraction of sp³-hybridized carbons (Fsp3) is 0.200. The number of nitrogens with zero attached hydrogens (tertiary/aromatic N) is 2. The highest BCUT2D eigenvalue weighted by Gasteiger charge is 2.43. The van der Waals surface area contributed by atoms with Crippen LogP contribution in [0.5, 0.6) is 0 Å². The summed E-state index contributed by atoms with van der Waals surface area (Å²) in [6.07, 6.45) is 2.26. The van der Waals surface area contributed by atoms with Gasteiger partial charge in [0.25, 0.3) is 0 Å². The average Bonchev–Trinajstić information content (AvgIpc) is 3.19. The van der Waals surface area contributed by atoms with E-state index >= 15 is 0 Å². The molecule has 0 radical (unpaired) electrons. The van der Waals surface area contributed by atoms with E-state index in [0.717, 1.165) is 17.8 Å². The number of thiophene rings is 1. The zero-order valence-electron chi connectivity index (χ0n) is 11.5. The molecule has 2 aromatic rings. The number of hydrogen-bond donors (Lipinski definition) is 1. The Morgan fingerprint density at radius 3 is 2.77 bits per heavy atom. The second-order valence-corrected chi connectivity index (χ2v) is 6.12.